The molecule has 1 N–H and O–H groups in total. The second-order valence-corrected chi connectivity index (χ2v) is 7.10. The molecule has 1 aromatic carbocycles. The summed E-state index contributed by atoms with van der Waals surface area (Å²) in [7, 11) is 0. The SMILES string of the molecule is CCOC(=O)c1ncsc1Nc1c(Br)cc(Br)cc1Br. The summed E-state index contributed by atoms with van der Waals surface area (Å²) in [5, 5.41) is 3.84. The number of esters is 1. The third kappa shape index (κ3) is 3.60. The van der Waals surface area contributed by atoms with Crippen LogP contribution in [0, 0.1) is 0 Å². The smallest absolute Gasteiger partial charge is 0.360 e. The molecular formula is C12H9Br3N2O2S. The van der Waals surface area contributed by atoms with Gasteiger partial charge < -0.3 is 10.1 Å². The highest BCUT2D eigenvalue weighted by Gasteiger charge is 2.18. The zero-order valence-electron chi connectivity index (χ0n) is 10.2. The van der Waals surface area contributed by atoms with E-state index in [1.165, 1.54) is 11.3 Å². The molecule has 0 saturated carbocycles. The van der Waals surface area contributed by atoms with E-state index in [0.717, 1.165) is 19.1 Å². The second kappa shape index (κ2) is 7.02. The summed E-state index contributed by atoms with van der Waals surface area (Å²) in [6.45, 7) is 2.08. The molecule has 0 aliphatic heterocycles. The summed E-state index contributed by atoms with van der Waals surface area (Å²) in [6.07, 6.45) is 0. The summed E-state index contributed by atoms with van der Waals surface area (Å²) < 4.78 is 7.65. The first-order chi connectivity index (χ1) is 9.52. The second-order valence-electron chi connectivity index (χ2n) is 3.62. The van der Waals surface area contributed by atoms with Crippen LogP contribution in [0.1, 0.15) is 17.4 Å². The van der Waals surface area contributed by atoms with Crippen LogP contribution in [0.4, 0.5) is 10.7 Å². The molecule has 0 saturated heterocycles. The molecule has 0 radical (unpaired) electrons. The Kier molecular flexibility index (Phi) is 5.59. The van der Waals surface area contributed by atoms with Gasteiger partial charge in [-0.3, -0.25) is 0 Å². The Hall–Kier alpha value is -0.440. The van der Waals surface area contributed by atoms with Crippen LogP contribution in [-0.4, -0.2) is 17.6 Å². The minimum Gasteiger partial charge on any atom is -0.461 e. The monoisotopic (exact) mass is 482 g/mol. The van der Waals surface area contributed by atoms with Crippen molar-refractivity contribution in [3.8, 4) is 0 Å². The van der Waals surface area contributed by atoms with Gasteiger partial charge in [0.1, 0.15) is 5.00 Å². The molecule has 1 heterocycles. The van der Waals surface area contributed by atoms with E-state index in [1.54, 1.807) is 12.4 Å². The van der Waals surface area contributed by atoms with Crippen molar-refractivity contribution in [2.75, 3.05) is 11.9 Å². The molecule has 2 aromatic rings. The van der Waals surface area contributed by atoms with Crippen molar-refractivity contribution in [1.82, 2.24) is 4.98 Å². The van der Waals surface area contributed by atoms with Gasteiger partial charge in [-0.1, -0.05) is 15.9 Å². The number of benzene rings is 1. The third-order valence-electron chi connectivity index (χ3n) is 2.28. The first-order valence-corrected chi connectivity index (χ1v) is 8.81. The van der Waals surface area contributed by atoms with Crippen LogP contribution in [0.2, 0.25) is 0 Å². The normalized spacial score (nSPS) is 10.4. The van der Waals surface area contributed by atoms with E-state index in [9.17, 15) is 4.79 Å². The van der Waals surface area contributed by atoms with Crippen LogP contribution in [-0.2, 0) is 4.74 Å². The Balaban J connectivity index is 2.32. The van der Waals surface area contributed by atoms with Gasteiger partial charge in [0.05, 0.1) is 17.8 Å². The van der Waals surface area contributed by atoms with Crippen LogP contribution in [0.15, 0.2) is 31.1 Å². The van der Waals surface area contributed by atoms with Gasteiger partial charge in [0.15, 0.2) is 5.69 Å². The summed E-state index contributed by atoms with van der Waals surface area (Å²) in [5.74, 6) is -0.430. The van der Waals surface area contributed by atoms with Crippen LogP contribution < -0.4 is 5.32 Å². The number of halogens is 3. The largest absolute Gasteiger partial charge is 0.461 e. The summed E-state index contributed by atoms with van der Waals surface area (Å²) in [4.78, 5) is 15.8. The first kappa shape index (κ1) is 15.9. The summed E-state index contributed by atoms with van der Waals surface area (Å²) in [5.41, 5.74) is 2.72. The number of hydrogen-bond donors (Lipinski definition) is 1. The molecule has 0 spiro atoms. The predicted octanol–water partition coefficient (Wildman–Crippen LogP) is 5.35. The van der Waals surface area contributed by atoms with Gasteiger partial charge in [0.2, 0.25) is 0 Å². The van der Waals surface area contributed by atoms with Gasteiger partial charge in [-0.15, -0.1) is 11.3 Å². The van der Waals surface area contributed by atoms with Gasteiger partial charge >= 0.3 is 5.97 Å². The van der Waals surface area contributed by atoms with E-state index in [4.69, 9.17) is 4.74 Å². The fourth-order valence-corrected chi connectivity index (χ4v) is 4.58. The average molecular weight is 485 g/mol. The van der Waals surface area contributed by atoms with E-state index in [1.807, 2.05) is 12.1 Å². The molecule has 4 nitrogen and oxygen atoms in total. The lowest BCUT2D eigenvalue weighted by molar-refractivity contribution is 0.0521. The fraction of sp³-hybridized carbons (Fsp3) is 0.167. The van der Waals surface area contributed by atoms with Crippen molar-refractivity contribution in [1.29, 1.82) is 0 Å². The maximum Gasteiger partial charge on any atom is 0.360 e. The van der Waals surface area contributed by atoms with E-state index in [-0.39, 0.29) is 0 Å². The Labute approximate surface area is 145 Å². The summed E-state index contributed by atoms with van der Waals surface area (Å²) in [6, 6.07) is 3.83. The lowest BCUT2D eigenvalue weighted by atomic mass is 10.3. The van der Waals surface area contributed by atoms with Crippen LogP contribution >= 0.6 is 59.1 Å². The molecule has 0 atom stereocenters. The van der Waals surface area contributed by atoms with Gasteiger partial charge in [0.25, 0.3) is 0 Å². The number of nitrogens with zero attached hydrogens (tertiary/aromatic N) is 1. The minimum atomic E-state index is -0.430. The Morgan fingerprint density at radius 2 is 2.00 bits per heavy atom. The van der Waals surface area contributed by atoms with Gasteiger partial charge in [-0.2, -0.15) is 0 Å². The zero-order valence-corrected chi connectivity index (χ0v) is 15.8. The highest BCUT2D eigenvalue weighted by Crippen LogP contribution is 2.37. The quantitative estimate of drug-likeness (QED) is 0.594. The predicted molar refractivity (Wildman–Crippen MR) is 90.9 cm³/mol. The zero-order chi connectivity index (χ0) is 14.7. The standard InChI is InChI=1S/C12H9Br3N2O2S/c1-2-19-12(18)10-11(20-5-16-10)17-9-7(14)3-6(13)4-8(9)15/h3-5,17H,2H2,1H3. The number of carbonyl (C=O) groups excluding carboxylic acids is 1. The number of carbonyl (C=O) groups is 1. The molecule has 0 bridgehead atoms. The number of rotatable bonds is 4. The van der Waals surface area contributed by atoms with E-state index in [2.05, 4.69) is 58.1 Å². The fourth-order valence-electron chi connectivity index (χ4n) is 1.45. The van der Waals surface area contributed by atoms with Crippen molar-refractivity contribution in [2.24, 2.45) is 0 Å². The first-order valence-electron chi connectivity index (χ1n) is 5.55. The van der Waals surface area contributed by atoms with Crippen molar-refractivity contribution in [3.63, 3.8) is 0 Å². The molecule has 0 aliphatic carbocycles. The molecule has 0 unspecified atom stereocenters. The molecule has 0 aliphatic rings. The number of ether oxygens (including phenoxy) is 1. The highest BCUT2D eigenvalue weighted by molar-refractivity contribution is 9.11. The van der Waals surface area contributed by atoms with E-state index in [0.29, 0.717) is 17.3 Å². The van der Waals surface area contributed by atoms with Crippen molar-refractivity contribution in [2.45, 2.75) is 6.92 Å². The lowest BCUT2D eigenvalue weighted by Crippen LogP contribution is -2.07. The highest BCUT2D eigenvalue weighted by atomic mass is 79.9. The van der Waals surface area contributed by atoms with Crippen molar-refractivity contribution < 1.29 is 9.53 Å². The van der Waals surface area contributed by atoms with Gasteiger partial charge in [-0.25, -0.2) is 9.78 Å². The maximum atomic E-state index is 11.8. The number of aromatic nitrogens is 1. The molecule has 0 fully saturated rings. The lowest BCUT2D eigenvalue weighted by Gasteiger charge is -2.11. The van der Waals surface area contributed by atoms with Gasteiger partial charge in [0, 0.05) is 13.4 Å². The van der Waals surface area contributed by atoms with Crippen molar-refractivity contribution in [3.05, 3.63) is 36.8 Å². The molecule has 0 amide bonds. The molecule has 1 aromatic heterocycles. The molecule has 8 heteroatoms. The molecular weight excluding hydrogens is 476 g/mol. The average Bonchev–Trinajstić information content (AvgIpc) is 2.82. The Bertz CT molecular complexity index is 622. The molecule has 2 rings (SSSR count). The van der Waals surface area contributed by atoms with Crippen LogP contribution in [0.3, 0.4) is 0 Å². The van der Waals surface area contributed by atoms with Crippen molar-refractivity contribution >= 4 is 75.8 Å². The number of anilines is 2. The third-order valence-corrected chi connectivity index (χ3v) is 4.73. The number of hydrogen-bond acceptors (Lipinski definition) is 5. The summed E-state index contributed by atoms with van der Waals surface area (Å²) >= 11 is 11.7. The Morgan fingerprint density at radius 1 is 1.35 bits per heavy atom. The van der Waals surface area contributed by atoms with E-state index < -0.39 is 5.97 Å². The Morgan fingerprint density at radius 3 is 2.60 bits per heavy atom. The molecule has 106 valence electrons. The molecule has 20 heavy (non-hydrogen) atoms. The van der Waals surface area contributed by atoms with Crippen LogP contribution in [0.5, 0.6) is 0 Å². The number of nitrogens with one attached hydrogen (secondary N) is 1. The number of thiazole rings is 1. The van der Waals surface area contributed by atoms with E-state index >= 15 is 0 Å². The topological polar surface area (TPSA) is 51.2 Å². The maximum absolute atomic E-state index is 11.8. The minimum absolute atomic E-state index is 0.290. The van der Waals surface area contributed by atoms with Crippen LogP contribution in [0.25, 0.3) is 0 Å². The van der Waals surface area contributed by atoms with Gasteiger partial charge in [-0.05, 0) is 50.9 Å².